The van der Waals surface area contributed by atoms with E-state index in [1.54, 1.807) is 0 Å². The van der Waals surface area contributed by atoms with Crippen LogP contribution in [0.3, 0.4) is 0 Å². The number of hydrogen-bond acceptors (Lipinski definition) is 28. The van der Waals surface area contributed by atoms with Crippen LogP contribution in [0, 0.1) is 179 Å². The second-order valence-corrected chi connectivity index (χ2v) is 52.9. The Hall–Kier alpha value is -7.65. The fourth-order valence-corrected chi connectivity index (χ4v) is 37.5. The summed E-state index contributed by atoms with van der Waals surface area (Å²) in [6.07, 6.45) is 22.8. The van der Waals surface area contributed by atoms with Crippen LogP contribution in [0.1, 0.15) is 297 Å². The number of carbonyl (C=O) groups excluding carboxylic acids is 15. The molecule has 780 valence electrons. The molecule has 2 N–H and O–H groups in total. The fourth-order valence-electron chi connectivity index (χ4n) is 37.5. The molecule has 142 heavy (non-hydrogen) atoms. The Morgan fingerprint density at radius 1 is 0.275 bits per heavy atom. The SMILES string of the molecule is CC(F)(F)C(=O)OC1C2CC3CC1CC(C(=O)OCC(COC(=O)C14CC5CC(C1)C(=O)C(C5)C4)OC(=O)C14CC5CC(C1)C(=O)C(C5)C4)(C3)C2.CC(F)(F)C(=O)OC1C2CC3CC1CC(C(=O)OCC(COC(=O)C14CC5CC(CC(O)(C5)C1)C4)OC(=O)C14CC5CC(CC(O)(C5)C1)C4)(C3)C2.CC(F)(F)COC(=O)C(C)(COC(=O)C12CC3CC(C1)C(=O)C(C3)C2)COC(=O)C12CC3CC(C1)C(=O)C(C3)C2. The molecule has 0 spiro atoms. The van der Waals surface area contributed by atoms with Crippen LogP contribution < -0.4 is 0 Å². The third kappa shape index (κ3) is 17.8. The predicted octanol–water partition coefficient (Wildman–Crippen LogP) is 14.3. The molecule has 32 bridgehead atoms. The topological polar surface area (TPSA) is 398 Å². The van der Waals surface area contributed by atoms with Crippen LogP contribution in [0.4, 0.5) is 26.3 Å². The van der Waals surface area contributed by atoms with Gasteiger partial charge >= 0.3 is 77.5 Å². The quantitative estimate of drug-likeness (QED) is 0.0399. The third-order valence-corrected chi connectivity index (χ3v) is 41.2. The average Bonchev–Trinajstić information content (AvgIpc) is 0.722. The lowest BCUT2D eigenvalue weighted by atomic mass is 9.48. The van der Waals surface area contributed by atoms with Crippen LogP contribution in [0.2, 0.25) is 0 Å². The molecule has 0 aromatic rings. The molecule has 32 rings (SSSR count). The van der Waals surface area contributed by atoms with Gasteiger partial charge in [-0.2, -0.15) is 17.6 Å². The van der Waals surface area contributed by atoms with Crippen molar-refractivity contribution in [2.75, 3.05) is 46.2 Å². The zero-order chi connectivity index (χ0) is 100. The number of ether oxygens (including phenoxy) is 11. The Labute approximate surface area is 821 Å². The van der Waals surface area contributed by atoms with Gasteiger partial charge in [0, 0.05) is 68.1 Å². The molecule has 0 radical (unpaired) electrons. The predicted molar refractivity (Wildman–Crippen MR) is 476 cm³/mol. The Balaban J connectivity index is 0.000000123. The van der Waals surface area contributed by atoms with Crippen LogP contribution >= 0.6 is 0 Å². The van der Waals surface area contributed by atoms with Crippen LogP contribution in [0.5, 0.6) is 0 Å². The van der Waals surface area contributed by atoms with E-state index >= 15 is 0 Å². The monoisotopic (exact) mass is 2000 g/mol. The van der Waals surface area contributed by atoms with Crippen molar-refractivity contribution in [3.8, 4) is 0 Å². The minimum Gasteiger partial charge on any atom is -0.464 e. The van der Waals surface area contributed by atoms with Gasteiger partial charge in [0.25, 0.3) is 5.92 Å². The van der Waals surface area contributed by atoms with Crippen LogP contribution in [0.25, 0.3) is 0 Å². The van der Waals surface area contributed by atoms with Gasteiger partial charge in [-0.3, -0.25) is 62.3 Å². The van der Waals surface area contributed by atoms with Gasteiger partial charge in [-0.15, -0.1) is 0 Å². The van der Waals surface area contributed by atoms with Gasteiger partial charge in [-0.05, 0) is 359 Å². The molecule has 18 atom stereocenters. The highest BCUT2D eigenvalue weighted by Crippen LogP contribution is 2.70. The summed E-state index contributed by atoms with van der Waals surface area (Å²) in [5.74, 6) is -16.5. The largest absolute Gasteiger partial charge is 0.464 e. The summed E-state index contributed by atoms with van der Waals surface area (Å²) < 4.78 is 145. The summed E-state index contributed by atoms with van der Waals surface area (Å²) in [6.45, 7) is -0.286. The van der Waals surface area contributed by atoms with Gasteiger partial charge in [-0.25, -0.2) is 18.4 Å². The number of hydrogen-bond donors (Lipinski definition) is 2. The standard InChI is InChI=1S/C39H52F2O10.C39H48F2O10.C30H38F2O8/c1-34(40,41)30(42)51-29-26-4-21-5-27(29)16-35(6-21,15-26)31(43)48-17-28(50-33(45)37-9-24-3-25(10-37)14-39(47,13-24)20-37)18-49-32(44)36-7-22-2-23(8-36)12-38(46,11-22)19-36;1-36(40,41)32(44)51-31-26-6-21-7-27(31)16-38(9-21,15-26)34(46)49-18-28(50-35(47)39-10-20-4-24(13-39)30(43)25(5-20)14-39)17-48-33(45)37-8-19-2-22(11-37)29(42)23(3-19)12-37;1-27(24(35)40-15-28(2,31)32,13-38-25(36)29-7-16-3-18(9-29)22(33)19(4-16)10-29)14-39-26(37)30-8-17-5-20(11-30)23(34)21(6-17)12-30/h21-29,46-47H,2-20H2,1H3;19-28,31H,2-18H2,1H3;16-21H,3-15H2,1-2H3. The first-order chi connectivity index (χ1) is 66.8. The van der Waals surface area contributed by atoms with E-state index in [-0.39, 0.29) is 162 Å². The van der Waals surface area contributed by atoms with Gasteiger partial charge in [0.15, 0.2) is 18.8 Å². The zero-order valence-electron chi connectivity index (χ0n) is 81.9. The number of rotatable bonds is 29. The Morgan fingerprint density at radius 3 is 0.775 bits per heavy atom. The van der Waals surface area contributed by atoms with E-state index in [0.29, 0.717) is 250 Å². The van der Waals surface area contributed by atoms with Crippen molar-refractivity contribution in [1.29, 1.82) is 0 Å². The Bertz CT molecular complexity index is 4990. The molecule has 0 aliphatic heterocycles. The molecule has 0 amide bonds. The van der Waals surface area contributed by atoms with Crippen molar-refractivity contribution < 1.29 is 161 Å². The van der Waals surface area contributed by atoms with Gasteiger partial charge in [0.2, 0.25) is 0 Å². The molecule has 0 saturated heterocycles. The van der Waals surface area contributed by atoms with Crippen molar-refractivity contribution in [3.05, 3.63) is 0 Å². The van der Waals surface area contributed by atoms with Crippen molar-refractivity contribution in [1.82, 2.24) is 0 Å². The summed E-state index contributed by atoms with van der Waals surface area (Å²) in [5.41, 5.74) is -9.80. The summed E-state index contributed by atoms with van der Waals surface area (Å²) >= 11 is 0. The van der Waals surface area contributed by atoms with Gasteiger partial charge < -0.3 is 62.3 Å². The van der Waals surface area contributed by atoms with Crippen molar-refractivity contribution in [3.63, 3.8) is 0 Å². The maximum Gasteiger partial charge on any atom is 0.376 e. The molecule has 32 saturated carbocycles. The van der Waals surface area contributed by atoms with E-state index in [4.69, 9.17) is 52.1 Å². The highest BCUT2D eigenvalue weighted by molar-refractivity contribution is 5.94. The first kappa shape index (κ1) is 99.0. The number of esters is 11. The molecule has 0 aromatic carbocycles. The summed E-state index contributed by atoms with van der Waals surface area (Å²) in [4.78, 5) is 199. The Morgan fingerprint density at radius 2 is 0.507 bits per heavy atom. The van der Waals surface area contributed by atoms with Crippen molar-refractivity contribution in [2.45, 2.75) is 351 Å². The zero-order valence-corrected chi connectivity index (χ0v) is 81.9. The highest BCUT2D eigenvalue weighted by atomic mass is 19.3. The molecular weight excluding hydrogens is 1860 g/mol. The normalized spacial score (nSPS) is 45.4. The second-order valence-electron chi connectivity index (χ2n) is 52.9. The molecule has 0 heterocycles. The fraction of sp³-hybridized carbons (Fsp3) is 0.861. The number of ketones is 4. The summed E-state index contributed by atoms with van der Waals surface area (Å²) in [5, 5.41) is 22.5. The van der Waals surface area contributed by atoms with Crippen LogP contribution in [0.15, 0.2) is 0 Å². The minimum atomic E-state index is -3.60. The van der Waals surface area contributed by atoms with E-state index in [9.17, 15) is 108 Å². The summed E-state index contributed by atoms with van der Waals surface area (Å²) in [6, 6.07) is 0. The van der Waals surface area contributed by atoms with E-state index < -0.39 is 182 Å². The van der Waals surface area contributed by atoms with Gasteiger partial charge in [0.05, 0.1) is 54.5 Å². The number of alkyl halides is 6. The first-order valence-corrected chi connectivity index (χ1v) is 53.6. The smallest absolute Gasteiger partial charge is 0.376 e. The molecule has 0 aromatic heterocycles. The number of aliphatic hydroxyl groups is 2. The maximum absolute atomic E-state index is 14.1. The summed E-state index contributed by atoms with van der Waals surface area (Å²) in [7, 11) is 0. The highest BCUT2D eigenvalue weighted by Gasteiger charge is 2.70. The van der Waals surface area contributed by atoms with E-state index in [1.165, 1.54) is 6.92 Å². The van der Waals surface area contributed by atoms with E-state index in [0.717, 1.165) is 64.2 Å². The molecular formula is C108H138F6O28. The molecule has 34 heteroatoms. The molecule has 32 aliphatic rings. The molecule has 28 nitrogen and oxygen atoms in total. The van der Waals surface area contributed by atoms with E-state index in [2.05, 4.69) is 0 Å². The second kappa shape index (κ2) is 34.7. The van der Waals surface area contributed by atoms with Crippen molar-refractivity contribution in [2.24, 2.45) is 179 Å². The van der Waals surface area contributed by atoms with Crippen LogP contribution in [-0.4, -0.2) is 199 Å². The van der Waals surface area contributed by atoms with Crippen LogP contribution in [-0.2, 0) is 124 Å². The third-order valence-electron chi connectivity index (χ3n) is 41.2. The molecule has 18 unspecified atom stereocenters. The number of carbonyl (C=O) groups is 15. The van der Waals surface area contributed by atoms with Crippen molar-refractivity contribution >= 4 is 88.8 Å². The molecule has 32 aliphatic carbocycles. The van der Waals surface area contributed by atoms with Gasteiger partial charge in [-0.1, -0.05) is 0 Å². The lowest BCUT2D eigenvalue weighted by molar-refractivity contribution is -0.214. The first-order valence-electron chi connectivity index (χ1n) is 53.6. The Kier molecular flexibility index (Phi) is 24.2. The number of halogens is 6. The maximum atomic E-state index is 14.1. The lowest BCUT2D eigenvalue weighted by Gasteiger charge is -2.59. The molecule has 32 fully saturated rings. The van der Waals surface area contributed by atoms with E-state index in [1.807, 2.05) is 0 Å². The number of Topliss-reactive ketones (excluding diaryl/α,β-unsaturated/α-hetero) is 4. The van der Waals surface area contributed by atoms with Gasteiger partial charge in [0.1, 0.15) is 80.4 Å². The minimum absolute atomic E-state index is 0.112. The lowest BCUT2D eigenvalue weighted by Crippen LogP contribution is -2.59. The average molecular weight is 2000 g/mol.